The van der Waals surface area contributed by atoms with Crippen LogP contribution in [0, 0.1) is 6.92 Å². The number of benzene rings is 1. The second kappa shape index (κ2) is 5.48. The van der Waals surface area contributed by atoms with Crippen LogP contribution in [0.1, 0.15) is 10.6 Å². The number of hydrogen-bond donors (Lipinski definition) is 1. The number of thiazole rings is 1. The van der Waals surface area contributed by atoms with E-state index in [9.17, 15) is 8.42 Å². The van der Waals surface area contributed by atoms with Crippen molar-refractivity contribution >= 4 is 37.3 Å². The van der Waals surface area contributed by atoms with Gasteiger partial charge in [-0.3, -0.25) is 0 Å². The van der Waals surface area contributed by atoms with Crippen molar-refractivity contribution in [2.45, 2.75) is 18.4 Å². The van der Waals surface area contributed by atoms with Crippen LogP contribution in [0.5, 0.6) is 0 Å². The van der Waals surface area contributed by atoms with Gasteiger partial charge >= 0.3 is 0 Å². The van der Waals surface area contributed by atoms with Crippen LogP contribution in [0.4, 0.5) is 0 Å². The van der Waals surface area contributed by atoms with Crippen molar-refractivity contribution in [1.82, 2.24) is 9.71 Å². The first-order valence-electron chi connectivity index (χ1n) is 5.13. The van der Waals surface area contributed by atoms with E-state index in [2.05, 4.69) is 25.6 Å². The van der Waals surface area contributed by atoms with E-state index in [0.29, 0.717) is 10.5 Å². The predicted molar refractivity (Wildman–Crippen MR) is 75.0 cm³/mol. The lowest BCUT2D eigenvalue weighted by Gasteiger charge is -2.08. The van der Waals surface area contributed by atoms with Crippen molar-refractivity contribution in [3.05, 3.63) is 44.8 Å². The van der Waals surface area contributed by atoms with Gasteiger partial charge in [0, 0.05) is 16.0 Å². The second-order valence-electron chi connectivity index (χ2n) is 3.66. The average Bonchev–Trinajstić information content (AvgIpc) is 2.78. The Balaban J connectivity index is 2.20. The Labute approximate surface area is 118 Å². The molecular formula is C11H11BrN2O2S2. The highest BCUT2D eigenvalue weighted by Crippen LogP contribution is 2.20. The fourth-order valence-electron chi connectivity index (χ4n) is 1.49. The lowest BCUT2D eigenvalue weighted by Crippen LogP contribution is -2.23. The van der Waals surface area contributed by atoms with E-state index in [0.717, 1.165) is 9.48 Å². The second-order valence-corrected chi connectivity index (χ2v) is 7.29. The van der Waals surface area contributed by atoms with Crippen LogP contribution < -0.4 is 4.72 Å². The fourth-order valence-corrected chi connectivity index (χ4v) is 3.82. The molecule has 0 unspecified atom stereocenters. The molecule has 1 aromatic heterocycles. The summed E-state index contributed by atoms with van der Waals surface area (Å²) >= 11 is 4.73. The Morgan fingerprint density at radius 2 is 2.22 bits per heavy atom. The van der Waals surface area contributed by atoms with Crippen LogP contribution in [0.25, 0.3) is 0 Å². The van der Waals surface area contributed by atoms with Gasteiger partial charge in [-0.05, 0) is 30.7 Å². The van der Waals surface area contributed by atoms with Crippen molar-refractivity contribution in [2.75, 3.05) is 0 Å². The molecule has 0 saturated heterocycles. The fraction of sp³-hybridized carbons (Fsp3) is 0.182. The molecule has 0 bridgehead atoms. The zero-order chi connectivity index (χ0) is 13.2. The van der Waals surface area contributed by atoms with Gasteiger partial charge in [0.25, 0.3) is 0 Å². The van der Waals surface area contributed by atoms with Crippen LogP contribution in [0.2, 0.25) is 0 Å². The van der Waals surface area contributed by atoms with Gasteiger partial charge in [0.1, 0.15) is 5.01 Å². The molecule has 0 saturated carbocycles. The molecule has 0 radical (unpaired) electrons. The lowest BCUT2D eigenvalue weighted by atomic mass is 10.2. The highest BCUT2D eigenvalue weighted by Gasteiger charge is 2.16. The molecule has 7 heteroatoms. The molecule has 0 aliphatic heterocycles. The Morgan fingerprint density at radius 1 is 1.44 bits per heavy atom. The molecule has 0 amide bonds. The first-order valence-corrected chi connectivity index (χ1v) is 8.29. The van der Waals surface area contributed by atoms with Crippen molar-refractivity contribution in [1.29, 1.82) is 0 Å². The number of nitrogens with zero attached hydrogens (tertiary/aromatic N) is 1. The lowest BCUT2D eigenvalue weighted by molar-refractivity contribution is 0.580. The van der Waals surface area contributed by atoms with Crippen molar-refractivity contribution in [3.63, 3.8) is 0 Å². The van der Waals surface area contributed by atoms with E-state index >= 15 is 0 Å². The van der Waals surface area contributed by atoms with Crippen LogP contribution in [0.3, 0.4) is 0 Å². The molecule has 18 heavy (non-hydrogen) atoms. The Morgan fingerprint density at radius 3 is 2.83 bits per heavy atom. The van der Waals surface area contributed by atoms with Gasteiger partial charge in [-0.15, -0.1) is 11.3 Å². The molecule has 4 nitrogen and oxygen atoms in total. The summed E-state index contributed by atoms with van der Waals surface area (Å²) in [5.74, 6) is 0. The SMILES string of the molecule is Cc1cc(Br)ccc1S(=O)(=O)NCc1nccs1. The third kappa shape index (κ3) is 3.17. The monoisotopic (exact) mass is 346 g/mol. The normalized spacial score (nSPS) is 11.7. The van der Waals surface area contributed by atoms with Crippen LogP contribution in [-0.4, -0.2) is 13.4 Å². The topological polar surface area (TPSA) is 59.1 Å². The smallest absolute Gasteiger partial charge is 0.241 e. The third-order valence-electron chi connectivity index (χ3n) is 2.32. The first-order chi connectivity index (χ1) is 8.49. The summed E-state index contributed by atoms with van der Waals surface area (Å²) in [5, 5.41) is 2.56. The molecule has 1 heterocycles. The van der Waals surface area contributed by atoms with Gasteiger partial charge in [0.15, 0.2) is 0 Å². The molecule has 0 aliphatic carbocycles. The number of sulfonamides is 1. The van der Waals surface area contributed by atoms with Gasteiger partial charge in [-0.2, -0.15) is 0 Å². The van der Waals surface area contributed by atoms with E-state index in [-0.39, 0.29) is 6.54 Å². The summed E-state index contributed by atoms with van der Waals surface area (Å²) in [4.78, 5) is 4.33. The summed E-state index contributed by atoms with van der Waals surface area (Å²) in [6.45, 7) is 1.98. The average molecular weight is 347 g/mol. The highest BCUT2D eigenvalue weighted by atomic mass is 79.9. The van der Waals surface area contributed by atoms with Crippen molar-refractivity contribution in [3.8, 4) is 0 Å². The Bertz CT molecular complexity index is 639. The zero-order valence-corrected chi connectivity index (χ0v) is 12.8. The van der Waals surface area contributed by atoms with Crippen LogP contribution in [-0.2, 0) is 16.6 Å². The molecule has 96 valence electrons. The molecule has 1 N–H and O–H groups in total. The molecule has 0 aliphatic rings. The van der Waals surface area contributed by atoms with E-state index in [1.54, 1.807) is 31.3 Å². The molecular weight excluding hydrogens is 336 g/mol. The number of hydrogen-bond acceptors (Lipinski definition) is 4. The minimum absolute atomic E-state index is 0.218. The van der Waals surface area contributed by atoms with Crippen LogP contribution in [0.15, 0.2) is 39.1 Å². The van der Waals surface area contributed by atoms with Gasteiger partial charge in [-0.25, -0.2) is 18.1 Å². The highest BCUT2D eigenvalue weighted by molar-refractivity contribution is 9.10. The minimum atomic E-state index is -3.49. The summed E-state index contributed by atoms with van der Waals surface area (Å²) in [7, 11) is -3.49. The maximum atomic E-state index is 12.1. The summed E-state index contributed by atoms with van der Waals surface area (Å²) in [6.07, 6.45) is 1.65. The van der Waals surface area contributed by atoms with Gasteiger partial charge < -0.3 is 0 Å². The molecule has 0 spiro atoms. The zero-order valence-electron chi connectivity index (χ0n) is 9.55. The number of rotatable bonds is 4. The Kier molecular flexibility index (Phi) is 4.16. The van der Waals surface area contributed by atoms with E-state index < -0.39 is 10.0 Å². The molecule has 2 rings (SSSR count). The Hall–Kier alpha value is -0.760. The van der Waals surface area contributed by atoms with Gasteiger partial charge in [0.05, 0.1) is 11.4 Å². The number of halogens is 1. The van der Waals surface area contributed by atoms with E-state index in [4.69, 9.17) is 0 Å². The maximum Gasteiger partial charge on any atom is 0.241 e. The molecule has 1 aromatic carbocycles. The molecule has 2 aromatic rings. The maximum absolute atomic E-state index is 12.1. The largest absolute Gasteiger partial charge is 0.248 e. The molecule has 0 fully saturated rings. The van der Waals surface area contributed by atoms with E-state index in [1.165, 1.54) is 11.3 Å². The minimum Gasteiger partial charge on any atom is -0.248 e. The van der Waals surface area contributed by atoms with Crippen molar-refractivity contribution in [2.24, 2.45) is 0 Å². The summed E-state index contributed by atoms with van der Waals surface area (Å²) in [5.41, 5.74) is 0.705. The third-order valence-corrected chi connectivity index (χ3v) is 5.16. The van der Waals surface area contributed by atoms with Crippen molar-refractivity contribution < 1.29 is 8.42 Å². The molecule has 0 atom stereocenters. The van der Waals surface area contributed by atoms with Crippen LogP contribution >= 0.6 is 27.3 Å². The predicted octanol–water partition coefficient (Wildman–Crippen LogP) is 2.69. The van der Waals surface area contributed by atoms with Gasteiger partial charge in [-0.1, -0.05) is 15.9 Å². The quantitative estimate of drug-likeness (QED) is 0.925. The van der Waals surface area contributed by atoms with E-state index in [1.807, 2.05) is 5.38 Å². The number of aromatic nitrogens is 1. The first kappa shape index (κ1) is 13.7. The number of nitrogens with one attached hydrogen (secondary N) is 1. The van der Waals surface area contributed by atoms with Gasteiger partial charge in [0.2, 0.25) is 10.0 Å². The number of aryl methyl sites for hydroxylation is 1. The summed E-state index contributed by atoms with van der Waals surface area (Å²) < 4.78 is 27.6. The summed E-state index contributed by atoms with van der Waals surface area (Å²) in [6, 6.07) is 5.08. The standard InChI is InChI=1S/C11H11BrN2O2S2/c1-8-6-9(12)2-3-10(8)18(15,16)14-7-11-13-4-5-17-11/h2-6,14H,7H2,1H3.